The molecule has 0 bridgehead atoms. The molecule has 18 heavy (non-hydrogen) atoms. The minimum Gasteiger partial charge on any atom is -0.306 e. The standard InChI is InChI=1S/C15H19BrClN/c1-2-9-18-15(11-5-3-4-6-11)13-8-7-12(16)10-14(13)17/h5,7-8,10,15,18H,2-4,6,9H2,1H3. The van der Waals surface area contributed by atoms with Gasteiger partial charge in [-0.1, -0.05) is 52.2 Å². The number of halogens is 2. The average molecular weight is 329 g/mol. The fraction of sp³-hybridized carbons (Fsp3) is 0.467. The maximum Gasteiger partial charge on any atom is 0.0550 e. The number of benzene rings is 1. The fourth-order valence-corrected chi connectivity index (χ4v) is 3.21. The van der Waals surface area contributed by atoms with Gasteiger partial charge >= 0.3 is 0 Å². The van der Waals surface area contributed by atoms with Gasteiger partial charge in [0.2, 0.25) is 0 Å². The van der Waals surface area contributed by atoms with Gasteiger partial charge in [-0.05, 0) is 49.9 Å². The molecular formula is C15H19BrClN. The first-order valence-corrected chi connectivity index (χ1v) is 7.76. The van der Waals surface area contributed by atoms with Crippen LogP contribution >= 0.6 is 27.5 Å². The predicted molar refractivity (Wildman–Crippen MR) is 82.1 cm³/mol. The largest absolute Gasteiger partial charge is 0.306 e. The van der Waals surface area contributed by atoms with Crippen LogP contribution in [0.15, 0.2) is 34.3 Å². The van der Waals surface area contributed by atoms with Gasteiger partial charge < -0.3 is 5.32 Å². The van der Waals surface area contributed by atoms with E-state index < -0.39 is 0 Å². The van der Waals surface area contributed by atoms with Crippen LogP contribution in [0.2, 0.25) is 5.02 Å². The highest BCUT2D eigenvalue weighted by Crippen LogP contribution is 2.35. The Balaban J connectivity index is 2.26. The zero-order valence-corrected chi connectivity index (χ0v) is 13.0. The fourth-order valence-electron chi connectivity index (χ4n) is 2.42. The van der Waals surface area contributed by atoms with Crippen molar-refractivity contribution in [2.75, 3.05) is 6.54 Å². The third-order valence-corrected chi connectivity index (χ3v) is 4.14. The van der Waals surface area contributed by atoms with Crippen molar-refractivity contribution >= 4 is 27.5 Å². The number of rotatable bonds is 5. The summed E-state index contributed by atoms with van der Waals surface area (Å²) < 4.78 is 1.03. The van der Waals surface area contributed by atoms with Crippen molar-refractivity contribution in [3.05, 3.63) is 44.9 Å². The molecule has 0 fully saturated rings. The summed E-state index contributed by atoms with van der Waals surface area (Å²) in [5.41, 5.74) is 2.69. The molecule has 1 aliphatic carbocycles. The smallest absolute Gasteiger partial charge is 0.0550 e. The number of nitrogens with one attached hydrogen (secondary N) is 1. The van der Waals surface area contributed by atoms with Crippen molar-refractivity contribution in [2.45, 2.75) is 38.6 Å². The molecule has 0 saturated carbocycles. The molecule has 1 atom stereocenters. The summed E-state index contributed by atoms with van der Waals surface area (Å²) in [6, 6.07) is 6.46. The van der Waals surface area contributed by atoms with Crippen LogP contribution in [-0.4, -0.2) is 6.54 Å². The molecular weight excluding hydrogens is 310 g/mol. The van der Waals surface area contributed by atoms with Crippen LogP contribution in [-0.2, 0) is 0 Å². The summed E-state index contributed by atoms with van der Waals surface area (Å²) in [7, 11) is 0. The van der Waals surface area contributed by atoms with E-state index in [-0.39, 0.29) is 6.04 Å². The minimum atomic E-state index is 0.285. The van der Waals surface area contributed by atoms with E-state index in [2.05, 4.69) is 46.4 Å². The van der Waals surface area contributed by atoms with Gasteiger partial charge in [0.1, 0.15) is 0 Å². The van der Waals surface area contributed by atoms with Crippen LogP contribution in [0.3, 0.4) is 0 Å². The van der Waals surface area contributed by atoms with Gasteiger partial charge in [0.05, 0.1) is 6.04 Å². The first kappa shape index (κ1) is 14.1. The summed E-state index contributed by atoms with van der Waals surface area (Å²) in [5, 5.41) is 4.46. The molecule has 0 aliphatic heterocycles. The summed E-state index contributed by atoms with van der Waals surface area (Å²) in [6.45, 7) is 3.21. The van der Waals surface area contributed by atoms with Crippen molar-refractivity contribution in [3.8, 4) is 0 Å². The van der Waals surface area contributed by atoms with Crippen LogP contribution in [0.1, 0.15) is 44.2 Å². The maximum atomic E-state index is 6.38. The van der Waals surface area contributed by atoms with Crippen molar-refractivity contribution < 1.29 is 0 Å². The highest BCUT2D eigenvalue weighted by molar-refractivity contribution is 9.10. The number of hydrogen-bond acceptors (Lipinski definition) is 1. The monoisotopic (exact) mass is 327 g/mol. The van der Waals surface area contributed by atoms with E-state index in [0.29, 0.717) is 0 Å². The minimum absolute atomic E-state index is 0.285. The van der Waals surface area contributed by atoms with Crippen molar-refractivity contribution in [3.63, 3.8) is 0 Å². The molecule has 1 N–H and O–H groups in total. The average Bonchev–Trinajstić information content (AvgIpc) is 2.85. The first-order chi connectivity index (χ1) is 8.72. The lowest BCUT2D eigenvalue weighted by molar-refractivity contribution is 0.578. The molecule has 0 spiro atoms. The second-order valence-corrected chi connectivity index (χ2v) is 6.05. The summed E-state index contributed by atoms with van der Waals surface area (Å²) in [5.74, 6) is 0. The summed E-state index contributed by atoms with van der Waals surface area (Å²) in [6.07, 6.45) is 7.17. The van der Waals surface area contributed by atoms with Gasteiger partial charge in [-0.3, -0.25) is 0 Å². The van der Waals surface area contributed by atoms with E-state index in [1.165, 1.54) is 30.4 Å². The molecule has 1 nitrogen and oxygen atoms in total. The van der Waals surface area contributed by atoms with Crippen LogP contribution in [0.4, 0.5) is 0 Å². The van der Waals surface area contributed by atoms with E-state index in [1.807, 2.05) is 6.07 Å². The topological polar surface area (TPSA) is 12.0 Å². The molecule has 0 amide bonds. The Morgan fingerprint density at radius 2 is 2.28 bits per heavy atom. The van der Waals surface area contributed by atoms with Gasteiger partial charge in [0.25, 0.3) is 0 Å². The predicted octanol–water partition coefficient (Wildman–Crippen LogP) is 5.25. The maximum absolute atomic E-state index is 6.38. The molecule has 0 aromatic heterocycles. The summed E-state index contributed by atoms with van der Waals surface area (Å²) >= 11 is 9.85. The zero-order chi connectivity index (χ0) is 13.0. The lowest BCUT2D eigenvalue weighted by Crippen LogP contribution is -2.23. The SMILES string of the molecule is CCCNC(C1=CCCC1)c1ccc(Br)cc1Cl. The van der Waals surface area contributed by atoms with E-state index in [4.69, 9.17) is 11.6 Å². The van der Waals surface area contributed by atoms with Crippen LogP contribution in [0, 0.1) is 0 Å². The molecule has 1 aromatic carbocycles. The number of hydrogen-bond donors (Lipinski definition) is 1. The Bertz CT molecular complexity index is 442. The molecule has 0 heterocycles. The van der Waals surface area contributed by atoms with E-state index in [9.17, 15) is 0 Å². The van der Waals surface area contributed by atoms with Crippen LogP contribution in [0.5, 0.6) is 0 Å². The van der Waals surface area contributed by atoms with E-state index >= 15 is 0 Å². The highest BCUT2D eigenvalue weighted by Gasteiger charge is 2.20. The Hall–Kier alpha value is -0.310. The van der Waals surface area contributed by atoms with Gasteiger partial charge in [-0.15, -0.1) is 0 Å². The molecule has 0 saturated heterocycles. The second kappa shape index (κ2) is 6.74. The highest BCUT2D eigenvalue weighted by atomic mass is 79.9. The van der Waals surface area contributed by atoms with Gasteiger partial charge in [0, 0.05) is 9.50 Å². The second-order valence-electron chi connectivity index (χ2n) is 4.72. The molecule has 1 aromatic rings. The number of allylic oxidation sites excluding steroid dienone is 1. The molecule has 98 valence electrons. The van der Waals surface area contributed by atoms with Gasteiger partial charge in [0.15, 0.2) is 0 Å². The molecule has 1 aliphatic rings. The lowest BCUT2D eigenvalue weighted by atomic mass is 9.98. The van der Waals surface area contributed by atoms with Gasteiger partial charge in [-0.25, -0.2) is 0 Å². The van der Waals surface area contributed by atoms with Gasteiger partial charge in [-0.2, -0.15) is 0 Å². The van der Waals surface area contributed by atoms with Crippen molar-refractivity contribution in [1.29, 1.82) is 0 Å². The Morgan fingerprint density at radius 3 is 2.89 bits per heavy atom. The third kappa shape index (κ3) is 3.37. The van der Waals surface area contributed by atoms with Crippen molar-refractivity contribution in [2.24, 2.45) is 0 Å². The zero-order valence-electron chi connectivity index (χ0n) is 10.7. The molecule has 2 rings (SSSR count). The van der Waals surface area contributed by atoms with E-state index in [1.54, 1.807) is 0 Å². The van der Waals surface area contributed by atoms with Crippen molar-refractivity contribution in [1.82, 2.24) is 5.32 Å². The molecule has 3 heteroatoms. The quantitative estimate of drug-likeness (QED) is 0.728. The normalized spacial score (nSPS) is 16.7. The molecule has 1 unspecified atom stereocenters. The molecule has 0 radical (unpaired) electrons. The Labute approximate surface area is 123 Å². The summed E-state index contributed by atoms with van der Waals surface area (Å²) in [4.78, 5) is 0. The van der Waals surface area contributed by atoms with Crippen LogP contribution in [0.25, 0.3) is 0 Å². The Morgan fingerprint density at radius 1 is 1.44 bits per heavy atom. The Kier molecular flexibility index (Phi) is 5.28. The third-order valence-electron chi connectivity index (χ3n) is 3.32. The van der Waals surface area contributed by atoms with Crippen LogP contribution < -0.4 is 5.32 Å². The van der Waals surface area contributed by atoms with E-state index in [0.717, 1.165) is 22.5 Å². The first-order valence-electron chi connectivity index (χ1n) is 6.59. The lowest BCUT2D eigenvalue weighted by Gasteiger charge is -2.22.